The van der Waals surface area contributed by atoms with Gasteiger partial charge in [-0.25, -0.2) is 4.99 Å². The van der Waals surface area contributed by atoms with Crippen molar-refractivity contribution in [3.8, 4) is 11.9 Å². The zero-order chi connectivity index (χ0) is 12.8. The Morgan fingerprint density at radius 1 is 1.47 bits per heavy atom. The van der Waals surface area contributed by atoms with Crippen LogP contribution in [-0.4, -0.2) is 18.5 Å². The molecule has 17 heavy (non-hydrogen) atoms. The van der Waals surface area contributed by atoms with Gasteiger partial charge in [-0.1, -0.05) is 11.8 Å². The largest absolute Gasteiger partial charge is 0.495 e. The van der Waals surface area contributed by atoms with Gasteiger partial charge in [0.15, 0.2) is 11.4 Å². The maximum atomic E-state index is 8.56. The van der Waals surface area contributed by atoms with E-state index < -0.39 is 0 Å². The molecule has 0 unspecified atom stereocenters. The summed E-state index contributed by atoms with van der Waals surface area (Å²) >= 11 is 8.14. The molecule has 0 bridgehead atoms. The van der Waals surface area contributed by atoms with Gasteiger partial charge in [-0.15, -0.1) is 0 Å². The van der Waals surface area contributed by atoms with Crippen LogP contribution in [0.1, 0.15) is 0 Å². The van der Waals surface area contributed by atoms with Crippen molar-refractivity contribution in [2.24, 2.45) is 4.99 Å². The number of thioether (sulfide) groups is 1. The molecular weight excluding hydrogens is 370 g/mol. The summed E-state index contributed by atoms with van der Waals surface area (Å²) in [6, 6.07) is 3.63. The summed E-state index contributed by atoms with van der Waals surface area (Å²) in [5.41, 5.74) is 0.692. The molecule has 1 aromatic rings. The fraction of sp³-hybridized carbons (Fsp3) is 0.200. The third kappa shape index (κ3) is 3.91. The number of nitrogens with one attached hydrogen (secondary N) is 1. The zero-order valence-corrected chi connectivity index (χ0v) is 13.1. The van der Waals surface area contributed by atoms with E-state index in [9.17, 15) is 0 Å². The second-order valence-corrected chi connectivity index (χ2v) is 5.30. The van der Waals surface area contributed by atoms with E-state index in [1.54, 1.807) is 13.2 Å². The van der Waals surface area contributed by atoms with E-state index in [0.717, 1.165) is 8.95 Å². The van der Waals surface area contributed by atoms with Crippen LogP contribution in [0.15, 0.2) is 26.1 Å². The Bertz CT molecular complexity index is 485. The zero-order valence-electron chi connectivity index (χ0n) is 9.12. The number of hydrogen-bond donors (Lipinski definition) is 1. The van der Waals surface area contributed by atoms with E-state index >= 15 is 0 Å². The van der Waals surface area contributed by atoms with Crippen molar-refractivity contribution >= 4 is 54.5 Å². The lowest BCUT2D eigenvalue weighted by molar-refractivity contribution is 0.412. The smallest absolute Gasteiger partial charge is 0.183 e. The van der Waals surface area contributed by atoms with Crippen LogP contribution >= 0.6 is 43.6 Å². The van der Waals surface area contributed by atoms with Crippen LogP contribution in [0.25, 0.3) is 0 Å². The Morgan fingerprint density at radius 2 is 2.18 bits per heavy atom. The van der Waals surface area contributed by atoms with Crippen molar-refractivity contribution in [1.29, 1.82) is 5.26 Å². The van der Waals surface area contributed by atoms with Crippen molar-refractivity contribution in [3.05, 3.63) is 21.1 Å². The van der Waals surface area contributed by atoms with Crippen molar-refractivity contribution in [2.45, 2.75) is 0 Å². The third-order valence-corrected chi connectivity index (χ3v) is 3.63. The van der Waals surface area contributed by atoms with Crippen LogP contribution in [0.2, 0.25) is 0 Å². The molecule has 1 rings (SSSR count). The van der Waals surface area contributed by atoms with Gasteiger partial charge in [0.05, 0.1) is 17.3 Å². The topological polar surface area (TPSA) is 57.4 Å². The van der Waals surface area contributed by atoms with Gasteiger partial charge in [0.1, 0.15) is 5.75 Å². The van der Waals surface area contributed by atoms with E-state index in [2.05, 4.69) is 42.2 Å². The molecule has 4 nitrogen and oxygen atoms in total. The van der Waals surface area contributed by atoms with Crippen molar-refractivity contribution < 1.29 is 4.74 Å². The molecule has 0 aromatic heterocycles. The standard InChI is InChI=1S/C10H9Br2N3OS/c1-16-9-4-8(6(11)3-7(9)12)15-10(17-2)14-5-13/h3-4H,1-2H3,(H,14,15). The lowest BCUT2D eigenvalue weighted by Crippen LogP contribution is -2.12. The highest BCUT2D eigenvalue weighted by Crippen LogP contribution is 2.36. The molecule has 0 aliphatic rings. The van der Waals surface area contributed by atoms with Gasteiger partial charge in [-0.3, -0.25) is 5.32 Å². The van der Waals surface area contributed by atoms with Crippen LogP contribution in [0.3, 0.4) is 0 Å². The molecule has 0 radical (unpaired) electrons. The number of nitriles is 1. The van der Waals surface area contributed by atoms with Crippen LogP contribution in [-0.2, 0) is 0 Å². The fourth-order valence-electron chi connectivity index (χ4n) is 1.04. The monoisotopic (exact) mass is 377 g/mol. The van der Waals surface area contributed by atoms with Crippen LogP contribution in [0.5, 0.6) is 5.75 Å². The minimum absolute atomic E-state index is 0.526. The number of amidine groups is 1. The average Bonchev–Trinajstić information content (AvgIpc) is 2.31. The molecule has 0 aliphatic heterocycles. The van der Waals surface area contributed by atoms with E-state index in [1.165, 1.54) is 11.8 Å². The summed E-state index contributed by atoms with van der Waals surface area (Å²) in [5, 5.41) is 11.6. The molecule has 0 atom stereocenters. The number of hydrogen-bond acceptors (Lipinski definition) is 4. The second-order valence-electron chi connectivity index (χ2n) is 2.80. The first kappa shape index (κ1) is 14.4. The Kier molecular flexibility index (Phi) is 5.82. The molecule has 90 valence electrons. The van der Waals surface area contributed by atoms with Gasteiger partial charge in [0.2, 0.25) is 0 Å². The van der Waals surface area contributed by atoms with Crippen molar-refractivity contribution in [3.63, 3.8) is 0 Å². The maximum Gasteiger partial charge on any atom is 0.183 e. The predicted octanol–water partition coefficient (Wildman–Crippen LogP) is 3.64. The Morgan fingerprint density at radius 3 is 2.71 bits per heavy atom. The van der Waals surface area contributed by atoms with E-state index in [1.807, 2.05) is 18.5 Å². The first-order chi connectivity index (χ1) is 8.12. The summed E-state index contributed by atoms with van der Waals surface area (Å²) in [6.07, 6.45) is 3.68. The molecule has 0 amide bonds. The van der Waals surface area contributed by atoms with Gasteiger partial charge >= 0.3 is 0 Å². The molecule has 0 saturated carbocycles. The van der Waals surface area contributed by atoms with Crippen molar-refractivity contribution in [1.82, 2.24) is 5.32 Å². The predicted molar refractivity (Wildman–Crippen MR) is 77.8 cm³/mol. The molecule has 1 aromatic carbocycles. The third-order valence-electron chi connectivity index (χ3n) is 1.80. The Labute approximate surface area is 121 Å². The average molecular weight is 379 g/mol. The second kappa shape index (κ2) is 6.89. The van der Waals surface area contributed by atoms with E-state index in [0.29, 0.717) is 16.6 Å². The maximum absolute atomic E-state index is 8.56. The number of benzene rings is 1. The molecule has 0 saturated heterocycles. The number of nitrogens with zero attached hydrogens (tertiary/aromatic N) is 2. The normalized spacial score (nSPS) is 10.9. The molecule has 0 heterocycles. The van der Waals surface area contributed by atoms with Gasteiger partial charge in [0.25, 0.3) is 0 Å². The first-order valence-electron chi connectivity index (χ1n) is 4.43. The molecule has 1 N–H and O–H groups in total. The minimum atomic E-state index is 0.526. The van der Waals surface area contributed by atoms with Crippen LogP contribution in [0.4, 0.5) is 5.69 Å². The van der Waals surface area contributed by atoms with Gasteiger partial charge in [-0.05, 0) is 44.2 Å². The number of rotatable bonds is 2. The number of halogens is 2. The molecule has 0 aliphatic carbocycles. The fourth-order valence-corrected chi connectivity index (χ4v) is 2.62. The van der Waals surface area contributed by atoms with Gasteiger partial charge in [-0.2, -0.15) is 5.26 Å². The van der Waals surface area contributed by atoms with E-state index in [4.69, 9.17) is 10.00 Å². The van der Waals surface area contributed by atoms with Crippen LogP contribution < -0.4 is 10.1 Å². The highest BCUT2D eigenvalue weighted by atomic mass is 79.9. The number of ether oxygens (including phenoxy) is 1. The highest BCUT2D eigenvalue weighted by Gasteiger charge is 2.07. The molecule has 7 heteroatoms. The van der Waals surface area contributed by atoms with Gasteiger partial charge in [0, 0.05) is 10.5 Å². The summed E-state index contributed by atoms with van der Waals surface area (Å²) < 4.78 is 6.84. The SMILES string of the molecule is COc1cc(N=C(NC#N)SC)c(Br)cc1Br. The summed E-state index contributed by atoms with van der Waals surface area (Å²) in [5.74, 6) is 0.685. The molecular formula is C10H9Br2N3OS. The summed E-state index contributed by atoms with van der Waals surface area (Å²) in [4.78, 5) is 4.31. The van der Waals surface area contributed by atoms with Crippen molar-refractivity contribution in [2.75, 3.05) is 13.4 Å². The lowest BCUT2D eigenvalue weighted by atomic mass is 10.3. The molecule has 0 spiro atoms. The Hall–Kier alpha value is -0.710. The van der Waals surface area contributed by atoms with E-state index in [-0.39, 0.29) is 0 Å². The number of methoxy groups -OCH3 is 1. The Balaban J connectivity index is 3.18. The lowest BCUT2D eigenvalue weighted by Gasteiger charge is -2.07. The first-order valence-corrected chi connectivity index (χ1v) is 7.24. The summed E-state index contributed by atoms with van der Waals surface area (Å²) in [7, 11) is 1.59. The quantitative estimate of drug-likeness (QED) is 0.369. The van der Waals surface area contributed by atoms with Gasteiger partial charge < -0.3 is 4.74 Å². The van der Waals surface area contributed by atoms with Crippen LogP contribution in [0, 0.1) is 11.5 Å². The minimum Gasteiger partial charge on any atom is -0.495 e. The number of aliphatic imine (C=N–C) groups is 1. The highest BCUT2D eigenvalue weighted by molar-refractivity contribution is 9.11. The molecule has 0 fully saturated rings. The summed E-state index contributed by atoms with van der Waals surface area (Å²) in [6.45, 7) is 0.